The first-order valence-corrected chi connectivity index (χ1v) is 7.90. The van der Waals surface area contributed by atoms with Gasteiger partial charge in [-0.3, -0.25) is 0 Å². The van der Waals surface area contributed by atoms with Crippen LogP contribution in [0.25, 0.3) is 0 Å². The number of hydrogen-bond acceptors (Lipinski definition) is 4. The molecule has 0 radical (unpaired) electrons. The second-order valence-electron chi connectivity index (χ2n) is 4.61. The van der Waals surface area contributed by atoms with Gasteiger partial charge in [0, 0.05) is 23.2 Å². The summed E-state index contributed by atoms with van der Waals surface area (Å²) in [5.41, 5.74) is 0.887. The first-order chi connectivity index (χ1) is 9.79. The molecule has 3 nitrogen and oxygen atoms in total. The molecule has 1 heterocycles. The molecule has 2 unspecified atom stereocenters. The van der Waals surface area contributed by atoms with Crippen LogP contribution in [0.15, 0.2) is 24.3 Å². The first-order valence-electron chi connectivity index (χ1n) is 6.85. The van der Waals surface area contributed by atoms with E-state index in [1.54, 1.807) is 0 Å². The predicted molar refractivity (Wildman–Crippen MR) is 82.2 cm³/mol. The molecule has 2 atom stereocenters. The summed E-state index contributed by atoms with van der Waals surface area (Å²) < 4.78 is 11.2. The highest BCUT2D eigenvalue weighted by atomic mass is 32.2. The molecule has 0 amide bonds. The minimum atomic E-state index is -0.112. The molecule has 0 aromatic heterocycles. The van der Waals surface area contributed by atoms with Crippen molar-refractivity contribution in [2.75, 3.05) is 25.6 Å². The molecule has 108 valence electrons. The van der Waals surface area contributed by atoms with Gasteiger partial charge in [0.25, 0.3) is 0 Å². The SMILES string of the molecule is CC1OCCC1SCCOc1ccc(C#CCO)cc1. The molecular formula is C16H20O3S. The van der Waals surface area contributed by atoms with Crippen molar-refractivity contribution in [1.29, 1.82) is 0 Å². The maximum atomic E-state index is 8.62. The highest BCUT2D eigenvalue weighted by molar-refractivity contribution is 8.00. The van der Waals surface area contributed by atoms with Crippen molar-refractivity contribution < 1.29 is 14.6 Å². The fraction of sp³-hybridized carbons (Fsp3) is 0.500. The highest BCUT2D eigenvalue weighted by Crippen LogP contribution is 2.26. The van der Waals surface area contributed by atoms with Gasteiger partial charge in [-0.15, -0.1) is 0 Å². The Morgan fingerprint density at radius 1 is 1.40 bits per heavy atom. The summed E-state index contributed by atoms with van der Waals surface area (Å²) in [4.78, 5) is 0. The second-order valence-corrected chi connectivity index (χ2v) is 5.95. The minimum absolute atomic E-state index is 0.112. The van der Waals surface area contributed by atoms with Crippen LogP contribution in [0.3, 0.4) is 0 Å². The summed E-state index contributed by atoms with van der Waals surface area (Å²) in [5, 5.41) is 9.23. The lowest BCUT2D eigenvalue weighted by atomic mass is 10.2. The predicted octanol–water partition coefficient (Wildman–Crippen LogP) is 2.32. The smallest absolute Gasteiger partial charge is 0.119 e. The van der Waals surface area contributed by atoms with Gasteiger partial charge in [0.2, 0.25) is 0 Å². The average molecular weight is 292 g/mol. The summed E-state index contributed by atoms with van der Waals surface area (Å²) in [6.45, 7) is 3.61. The van der Waals surface area contributed by atoms with E-state index < -0.39 is 0 Å². The standard InChI is InChI=1S/C16H20O3S/c1-13-16(8-10-18-13)20-12-11-19-15-6-4-14(5-7-15)3-2-9-17/h4-7,13,16-17H,8-12H2,1H3. The van der Waals surface area contributed by atoms with Crippen molar-refractivity contribution in [3.8, 4) is 17.6 Å². The van der Waals surface area contributed by atoms with E-state index >= 15 is 0 Å². The molecule has 0 saturated carbocycles. The van der Waals surface area contributed by atoms with Crippen LogP contribution in [0.2, 0.25) is 0 Å². The van der Waals surface area contributed by atoms with Crippen molar-refractivity contribution in [3.05, 3.63) is 29.8 Å². The normalized spacial score (nSPS) is 21.3. The van der Waals surface area contributed by atoms with Gasteiger partial charge >= 0.3 is 0 Å². The van der Waals surface area contributed by atoms with Gasteiger partial charge in [0.15, 0.2) is 0 Å². The molecule has 2 rings (SSSR count). The third-order valence-corrected chi connectivity index (χ3v) is 4.61. The molecule has 20 heavy (non-hydrogen) atoms. The zero-order valence-corrected chi connectivity index (χ0v) is 12.5. The van der Waals surface area contributed by atoms with E-state index in [1.807, 2.05) is 36.0 Å². The van der Waals surface area contributed by atoms with Crippen molar-refractivity contribution in [1.82, 2.24) is 0 Å². The Bertz CT molecular complexity index is 461. The average Bonchev–Trinajstić information content (AvgIpc) is 2.88. The van der Waals surface area contributed by atoms with Crippen LogP contribution in [0.1, 0.15) is 18.9 Å². The second kappa shape index (κ2) is 8.21. The molecular weight excluding hydrogens is 272 g/mol. The number of hydrogen-bond donors (Lipinski definition) is 1. The number of ether oxygens (including phenoxy) is 2. The van der Waals surface area contributed by atoms with Gasteiger partial charge in [-0.05, 0) is 37.6 Å². The third kappa shape index (κ3) is 4.75. The van der Waals surface area contributed by atoms with E-state index in [2.05, 4.69) is 18.8 Å². The number of benzene rings is 1. The van der Waals surface area contributed by atoms with Gasteiger partial charge < -0.3 is 14.6 Å². The number of thioether (sulfide) groups is 1. The van der Waals surface area contributed by atoms with Crippen LogP contribution >= 0.6 is 11.8 Å². The lowest BCUT2D eigenvalue weighted by Gasteiger charge is -2.13. The van der Waals surface area contributed by atoms with Gasteiger partial charge in [-0.25, -0.2) is 0 Å². The molecule has 1 fully saturated rings. The zero-order chi connectivity index (χ0) is 14.2. The summed E-state index contributed by atoms with van der Waals surface area (Å²) in [7, 11) is 0. The van der Waals surface area contributed by atoms with Crippen LogP contribution in [-0.4, -0.2) is 42.0 Å². The number of rotatable bonds is 5. The largest absolute Gasteiger partial charge is 0.493 e. The Morgan fingerprint density at radius 2 is 2.20 bits per heavy atom. The molecule has 0 spiro atoms. The maximum Gasteiger partial charge on any atom is 0.119 e. The fourth-order valence-electron chi connectivity index (χ4n) is 2.07. The lowest BCUT2D eigenvalue weighted by Crippen LogP contribution is -2.15. The van der Waals surface area contributed by atoms with Gasteiger partial charge in [0.05, 0.1) is 12.7 Å². The molecule has 1 N–H and O–H groups in total. The Labute approximate surface area is 124 Å². The van der Waals surface area contributed by atoms with E-state index in [-0.39, 0.29) is 6.61 Å². The topological polar surface area (TPSA) is 38.7 Å². The number of aliphatic hydroxyl groups is 1. The Morgan fingerprint density at radius 3 is 2.85 bits per heavy atom. The first kappa shape index (κ1) is 15.2. The zero-order valence-electron chi connectivity index (χ0n) is 11.7. The number of aliphatic hydroxyl groups excluding tert-OH is 1. The fourth-order valence-corrected chi connectivity index (χ4v) is 3.16. The van der Waals surface area contributed by atoms with Crippen molar-refractivity contribution in [2.24, 2.45) is 0 Å². The minimum Gasteiger partial charge on any atom is -0.493 e. The van der Waals surface area contributed by atoms with E-state index in [0.29, 0.717) is 18.0 Å². The molecule has 4 heteroatoms. The lowest BCUT2D eigenvalue weighted by molar-refractivity contribution is 0.127. The van der Waals surface area contributed by atoms with E-state index in [1.165, 1.54) is 0 Å². The van der Waals surface area contributed by atoms with Gasteiger partial charge in [0.1, 0.15) is 12.4 Å². The molecule has 1 aromatic rings. The highest BCUT2D eigenvalue weighted by Gasteiger charge is 2.23. The van der Waals surface area contributed by atoms with Crippen LogP contribution in [0, 0.1) is 11.8 Å². The quantitative estimate of drug-likeness (QED) is 0.668. The maximum absolute atomic E-state index is 8.62. The van der Waals surface area contributed by atoms with Gasteiger partial charge in [-0.2, -0.15) is 11.8 Å². The van der Waals surface area contributed by atoms with Crippen LogP contribution in [0.5, 0.6) is 5.75 Å². The van der Waals surface area contributed by atoms with Crippen LogP contribution < -0.4 is 4.74 Å². The van der Waals surface area contributed by atoms with Crippen LogP contribution in [-0.2, 0) is 4.74 Å². The molecule has 0 bridgehead atoms. The van der Waals surface area contributed by atoms with E-state index in [0.717, 1.165) is 30.1 Å². The summed E-state index contributed by atoms with van der Waals surface area (Å²) in [6.07, 6.45) is 1.51. The molecule has 1 aliphatic heterocycles. The summed E-state index contributed by atoms with van der Waals surface area (Å²) >= 11 is 1.93. The van der Waals surface area contributed by atoms with Gasteiger partial charge in [-0.1, -0.05) is 11.8 Å². The molecule has 1 aliphatic rings. The van der Waals surface area contributed by atoms with E-state index in [9.17, 15) is 0 Å². The Balaban J connectivity index is 1.68. The Kier molecular flexibility index (Phi) is 6.25. The van der Waals surface area contributed by atoms with Crippen molar-refractivity contribution in [3.63, 3.8) is 0 Å². The summed E-state index contributed by atoms with van der Waals surface area (Å²) in [6, 6.07) is 7.62. The monoisotopic (exact) mass is 292 g/mol. The summed E-state index contributed by atoms with van der Waals surface area (Å²) in [5.74, 6) is 7.31. The molecule has 0 aliphatic carbocycles. The van der Waals surface area contributed by atoms with Crippen molar-refractivity contribution in [2.45, 2.75) is 24.7 Å². The third-order valence-electron chi connectivity index (χ3n) is 3.16. The van der Waals surface area contributed by atoms with Crippen LogP contribution in [0.4, 0.5) is 0 Å². The Hall–Kier alpha value is -1.15. The molecule has 1 saturated heterocycles. The molecule has 1 aromatic carbocycles. The van der Waals surface area contributed by atoms with E-state index in [4.69, 9.17) is 14.6 Å². The van der Waals surface area contributed by atoms with Crippen molar-refractivity contribution >= 4 is 11.8 Å².